The lowest BCUT2D eigenvalue weighted by atomic mass is 10.1. The molecule has 2 N–H and O–H groups in total. The Morgan fingerprint density at radius 1 is 1.29 bits per heavy atom. The maximum Gasteiger partial charge on any atom is 0.320 e. The lowest BCUT2D eigenvalue weighted by Crippen LogP contribution is -2.51. The molecule has 1 aliphatic rings. The molecule has 190 valence electrons. The molecule has 2 aromatic rings. The van der Waals surface area contributed by atoms with E-state index in [-0.39, 0.29) is 24.9 Å². The number of methoxy groups -OCH3 is 1. The van der Waals surface area contributed by atoms with Crippen LogP contribution in [0.3, 0.4) is 0 Å². The summed E-state index contributed by atoms with van der Waals surface area (Å²) in [5, 5.41) is 5.55. The Morgan fingerprint density at radius 3 is 2.82 bits per heavy atom. The average Bonchev–Trinajstić information content (AvgIpc) is 3.17. The van der Waals surface area contributed by atoms with Gasteiger partial charge >= 0.3 is 6.03 Å². The van der Waals surface area contributed by atoms with E-state index in [2.05, 4.69) is 40.2 Å². The molecule has 1 unspecified atom stereocenters. The number of hydrogen-bond donors (Lipinski definition) is 2. The molecule has 0 saturated carbocycles. The summed E-state index contributed by atoms with van der Waals surface area (Å²) in [6, 6.07) is 2.21. The monoisotopic (exact) mass is 512 g/mol. The Balaban J connectivity index is 1.52. The first-order valence-electron chi connectivity index (χ1n) is 11.5. The molecule has 1 saturated heterocycles. The third-order valence-electron chi connectivity index (χ3n) is 5.59. The summed E-state index contributed by atoms with van der Waals surface area (Å²) >= 11 is 0. The van der Waals surface area contributed by atoms with Crippen molar-refractivity contribution in [3.63, 3.8) is 0 Å². The highest BCUT2D eigenvalue weighted by molar-refractivity contribution is 7.89. The van der Waals surface area contributed by atoms with E-state index in [0.717, 1.165) is 12.7 Å². The number of carbonyl (C=O) groups excluding carboxylic acids is 1. The third-order valence-corrected chi connectivity index (χ3v) is 9.10. The fourth-order valence-electron chi connectivity index (χ4n) is 3.64. The predicted octanol–water partition coefficient (Wildman–Crippen LogP) is 2.31. The fraction of sp³-hybridized carbons (Fsp3) is 0.667. The molecule has 2 aromatic heterocycles. The Kier molecular flexibility index (Phi) is 9.04. The number of fused-ring (bicyclic) bond motifs is 1. The second-order valence-electron chi connectivity index (χ2n) is 9.70. The molecule has 1 fully saturated rings. The van der Waals surface area contributed by atoms with Gasteiger partial charge in [0.2, 0.25) is 10.0 Å². The molecule has 34 heavy (non-hydrogen) atoms. The van der Waals surface area contributed by atoms with Crippen molar-refractivity contribution in [1.29, 1.82) is 0 Å². The van der Waals surface area contributed by atoms with Gasteiger partial charge in [0.15, 0.2) is 11.5 Å². The lowest BCUT2D eigenvalue weighted by molar-refractivity contribution is 0.0899. The van der Waals surface area contributed by atoms with Crippen molar-refractivity contribution in [3.05, 3.63) is 18.5 Å². The Labute approximate surface area is 202 Å². The molecular formula is C21H36N6O5SSi. The fourth-order valence-corrected chi connectivity index (χ4v) is 5.84. The number of carbonyl (C=O) groups is 1. The third kappa shape index (κ3) is 7.73. The standard InChI is InChI=1S/C21H36N6O5SSi/c1-31-10-12-33(29,30)27-8-5-6-17(15-27)23-21(28)25-19-14-22-20-18(24-19)7-9-26(20)16-32-11-13-34(2,3)4/h7,9,14,17H,5-6,8,10-13,15-16H2,1-4H3,(H2,23,24,25,28). The molecule has 0 bridgehead atoms. The maximum atomic E-state index is 12.5. The minimum absolute atomic E-state index is 0.0684. The van der Waals surface area contributed by atoms with Gasteiger partial charge in [-0.3, -0.25) is 5.32 Å². The van der Waals surface area contributed by atoms with Crippen LogP contribution in [-0.4, -0.2) is 86.6 Å². The van der Waals surface area contributed by atoms with E-state index in [0.29, 0.717) is 43.1 Å². The first-order chi connectivity index (χ1) is 16.1. The highest BCUT2D eigenvalue weighted by Gasteiger charge is 2.29. The molecule has 2 amide bonds. The summed E-state index contributed by atoms with van der Waals surface area (Å²) in [6.07, 6.45) is 4.75. The van der Waals surface area contributed by atoms with Crippen LogP contribution in [0.15, 0.2) is 18.5 Å². The maximum absolute atomic E-state index is 12.5. The summed E-state index contributed by atoms with van der Waals surface area (Å²) in [5.41, 5.74) is 1.34. The predicted molar refractivity (Wildman–Crippen MR) is 134 cm³/mol. The Bertz CT molecular complexity index is 1070. The summed E-state index contributed by atoms with van der Waals surface area (Å²) in [6.45, 7) is 8.89. The Hall–Kier alpha value is -2.06. The second-order valence-corrected chi connectivity index (χ2v) is 17.4. The molecule has 0 spiro atoms. The van der Waals surface area contributed by atoms with Gasteiger partial charge in [-0.2, -0.15) is 4.31 Å². The van der Waals surface area contributed by atoms with Crippen molar-refractivity contribution in [2.24, 2.45) is 0 Å². The van der Waals surface area contributed by atoms with Crippen LogP contribution in [-0.2, 0) is 26.2 Å². The first-order valence-corrected chi connectivity index (χ1v) is 16.8. The SMILES string of the molecule is COCCS(=O)(=O)N1CCCC(NC(=O)Nc2cnc3c(ccn3COCC[Si](C)(C)C)n2)C1. The lowest BCUT2D eigenvalue weighted by Gasteiger charge is -2.32. The van der Waals surface area contributed by atoms with E-state index >= 15 is 0 Å². The van der Waals surface area contributed by atoms with Crippen LogP contribution in [0.5, 0.6) is 0 Å². The second kappa shape index (κ2) is 11.6. The van der Waals surface area contributed by atoms with E-state index in [4.69, 9.17) is 9.47 Å². The van der Waals surface area contributed by atoms with Gasteiger partial charge in [0.05, 0.1) is 18.6 Å². The van der Waals surface area contributed by atoms with Crippen molar-refractivity contribution in [1.82, 2.24) is 24.2 Å². The number of nitrogens with zero attached hydrogens (tertiary/aromatic N) is 4. The number of anilines is 1. The average molecular weight is 513 g/mol. The van der Waals surface area contributed by atoms with Crippen LogP contribution < -0.4 is 10.6 Å². The van der Waals surface area contributed by atoms with E-state index in [9.17, 15) is 13.2 Å². The number of piperidine rings is 1. The summed E-state index contributed by atoms with van der Waals surface area (Å²) in [7, 11) is -3.07. The number of aromatic nitrogens is 3. The quantitative estimate of drug-likeness (QED) is 0.349. The van der Waals surface area contributed by atoms with Gasteiger partial charge in [-0.05, 0) is 25.0 Å². The molecule has 0 aliphatic carbocycles. The summed E-state index contributed by atoms with van der Waals surface area (Å²) in [5.74, 6) is 0.254. The molecule has 3 rings (SSSR count). The summed E-state index contributed by atoms with van der Waals surface area (Å²) in [4.78, 5) is 21.4. The number of nitrogens with one attached hydrogen (secondary N) is 2. The molecular weight excluding hydrogens is 476 g/mol. The van der Waals surface area contributed by atoms with Gasteiger partial charge in [-0.1, -0.05) is 19.6 Å². The van der Waals surface area contributed by atoms with E-state index < -0.39 is 24.1 Å². The van der Waals surface area contributed by atoms with Crippen LogP contribution >= 0.6 is 0 Å². The van der Waals surface area contributed by atoms with E-state index in [1.807, 2.05) is 16.8 Å². The topological polar surface area (TPSA) is 128 Å². The zero-order valence-electron chi connectivity index (χ0n) is 20.4. The number of rotatable bonds is 11. The minimum Gasteiger partial charge on any atom is -0.384 e. The molecule has 1 aliphatic heterocycles. The Morgan fingerprint density at radius 2 is 2.09 bits per heavy atom. The molecule has 11 nitrogen and oxygen atoms in total. The van der Waals surface area contributed by atoms with Gasteiger partial charge in [0.1, 0.15) is 12.2 Å². The highest BCUT2D eigenvalue weighted by atomic mass is 32.2. The van der Waals surface area contributed by atoms with Crippen LogP contribution in [0.2, 0.25) is 25.7 Å². The molecule has 13 heteroatoms. The van der Waals surface area contributed by atoms with Gasteiger partial charge in [0, 0.05) is 47.1 Å². The number of urea groups is 1. The highest BCUT2D eigenvalue weighted by Crippen LogP contribution is 2.16. The first kappa shape index (κ1) is 26.5. The summed E-state index contributed by atoms with van der Waals surface area (Å²) < 4.78 is 38.8. The van der Waals surface area contributed by atoms with Gasteiger partial charge < -0.3 is 19.4 Å². The number of amides is 2. The zero-order chi connectivity index (χ0) is 24.8. The molecule has 1 atom stereocenters. The number of hydrogen-bond acceptors (Lipinski definition) is 7. The number of sulfonamides is 1. The van der Waals surface area contributed by atoms with Crippen molar-refractivity contribution >= 4 is 41.1 Å². The van der Waals surface area contributed by atoms with Crippen molar-refractivity contribution < 1.29 is 22.7 Å². The molecule has 3 heterocycles. The smallest absolute Gasteiger partial charge is 0.320 e. The number of ether oxygens (including phenoxy) is 2. The molecule has 0 aromatic carbocycles. The van der Waals surface area contributed by atoms with Gasteiger partial charge in [0.25, 0.3) is 0 Å². The van der Waals surface area contributed by atoms with Crippen molar-refractivity contribution in [2.45, 2.75) is 51.3 Å². The van der Waals surface area contributed by atoms with Crippen molar-refractivity contribution in [3.8, 4) is 0 Å². The van der Waals surface area contributed by atoms with E-state index in [1.165, 1.54) is 17.6 Å². The van der Waals surface area contributed by atoms with Crippen LogP contribution in [0.1, 0.15) is 12.8 Å². The van der Waals surface area contributed by atoms with Crippen LogP contribution in [0.4, 0.5) is 10.6 Å². The minimum atomic E-state index is -3.41. The van der Waals surface area contributed by atoms with Crippen LogP contribution in [0.25, 0.3) is 11.2 Å². The van der Waals surface area contributed by atoms with Gasteiger partial charge in [-0.25, -0.2) is 23.2 Å². The van der Waals surface area contributed by atoms with Crippen LogP contribution in [0, 0.1) is 0 Å². The normalized spacial score (nSPS) is 17.7. The zero-order valence-corrected chi connectivity index (χ0v) is 22.2. The van der Waals surface area contributed by atoms with Gasteiger partial charge in [-0.15, -0.1) is 0 Å². The van der Waals surface area contributed by atoms with E-state index in [1.54, 1.807) is 0 Å². The largest absolute Gasteiger partial charge is 0.384 e. The molecule has 0 radical (unpaired) electrons. The van der Waals surface area contributed by atoms with Crippen molar-refractivity contribution in [2.75, 3.05) is 44.5 Å².